The van der Waals surface area contributed by atoms with Gasteiger partial charge in [0, 0.05) is 19.3 Å². The highest BCUT2D eigenvalue weighted by molar-refractivity contribution is 5.71. The maximum absolute atomic E-state index is 12.9. The topological polar surface area (TPSA) is 78.9 Å². The van der Waals surface area contributed by atoms with Crippen molar-refractivity contribution in [2.75, 3.05) is 13.2 Å². The van der Waals surface area contributed by atoms with E-state index in [9.17, 15) is 14.4 Å². The fourth-order valence-electron chi connectivity index (χ4n) is 9.44. The second-order valence-corrected chi connectivity index (χ2v) is 21.3. The van der Waals surface area contributed by atoms with Gasteiger partial charge in [-0.2, -0.15) is 0 Å². The molecule has 0 aliphatic carbocycles. The summed E-state index contributed by atoms with van der Waals surface area (Å²) in [7, 11) is 0. The summed E-state index contributed by atoms with van der Waals surface area (Å²) in [6.07, 6.45) is 70.4. The summed E-state index contributed by atoms with van der Waals surface area (Å²) in [5, 5.41) is 0. The molecule has 1 atom stereocenters. The van der Waals surface area contributed by atoms with Crippen molar-refractivity contribution >= 4 is 17.9 Å². The first-order valence-corrected chi connectivity index (χ1v) is 31.3. The Morgan fingerprint density at radius 1 is 0.271 bits per heavy atom. The monoisotopic (exact) mass is 985 g/mol. The number of carbonyl (C=O) groups excluding carboxylic acids is 3. The SMILES string of the molecule is CCCCCC/C=C\CCCCCCCC(=O)OCC(COC(=O)CCCCCCCCCCCCCCCCCCCCCCCC)OC(=O)CCCCCCCCC/C=C\CCCCCCCC. The summed E-state index contributed by atoms with van der Waals surface area (Å²) in [6, 6.07) is 0. The van der Waals surface area contributed by atoms with Crippen LogP contribution in [-0.4, -0.2) is 37.2 Å². The molecule has 0 rings (SSSR count). The Morgan fingerprint density at radius 2 is 0.471 bits per heavy atom. The molecule has 0 amide bonds. The van der Waals surface area contributed by atoms with E-state index in [0.29, 0.717) is 19.3 Å². The van der Waals surface area contributed by atoms with Crippen LogP contribution >= 0.6 is 0 Å². The van der Waals surface area contributed by atoms with Crippen molar-refractivity contribution < 1.29 is 28.6 Å². The minimum absolute atomic E-state index is 0.0708. The van der Waals surface area contributed by atoms with Crippen LogP contribution in [0.25, 0.3) is 0 Å². The molecule has 0 spiro atoms. The molecule has 0 saturated carbocycles. The van der Waals surface area contributed by atoms with Gasteiger partial charge in [0.1, 0.15) is 13.2 Å². The van der Waals surface area contributed by atoms with Crippen molar-refractivity contribution in [3.8, 4) is 0 Å². The second kappa shape index (κ2) is 59.5. The van der Waals surface area contributed by atoms with Crippen molar-refractivity contribution in [1.29, 1.82) is 0 Å². The van der Waals surface area contributed by atoms with Gasteiger partial charge >= 0.3 is 17.9 Å². The van der Waals surface area contributed by atoms with Gasteiger partial charge < -0.3 is 14.2 Å². The van der Waals surface area contributed by atoms with Gasteiger partial charge in [-0.3, -0.25) is 14.4 Å². The average molecular weight is 986 g/mol. The van der Waals surface area contributed by atoms with E-state index in [0.717, 1.165) is 64.2 Å². The first-order chi connectivity index (χ1) is 34.5. The van der Waals surface area contributed by atoms with Crippen LogP contribution in [0.5, 0.6) is 0 Å². The summed E-state index contributed by atoms with van der Waals surface area (Å²) < 4.78 is 16.9. The zero-order valence-corrected chi connectivity index (χ0v) is 47.3. The average Bonchev–Trinajstić information content (AvgIpc) is 3.36. The molecule has 6 nitrogen and oxygen atoms in total. The number of ether oxygens (including phenoxy) is 3. The standard InChI is InChI=1S/C64H120O6/c1-4-7-10-13-16-19-22-25-27-29-30-31-32-33-35-36-39-42-45-48-51-54-57-63(66)69-60-61(59-68-62(65)56-53-50-47-44-41-38-24-21-18-15-12-9-6-3)70-64(67)58-55-52-49-46-43-40-37-34-28-26-23-20-17-14-11-8-5-2/h21,24,26,28,61H,4-20,22-23,25,27,29-60H2,1-3H3/b24-21-,28-26-. The molecule has 0 aromatic carbocycles. The van der Waals surface area contributed by atoms with Crippen LogP contribution in [0.15, 0.2) is 24.3 Å². The minimum Gasteiger partial charge on any atom is -0.462 e. The molecule has 0 aliphatic heterocycles. The summed E-state index contributed by atoms with van der Waals surface area (Å²) in [5.41, 5.74) is 0. The molecule has 0 aromatic rings. The van der Waals surface area contributed by atoms with Crippen LogP contribution in [0.4, 0.5) is 0 Å². The van der Waals surface area contributed by atoms with E-state index >= 15 is 0 Å². The van der Waals surface area contributed by atoms with Crippen molar-refractivity contribution in [2.24, 2.45) is 0 Å². The normalized spacial score (nSPS) is 12.1. The van der Waals surface area contributed by atoms with Gasteiger partial charge in [-0.1, -0.05) is 283 Å². The van der Waals surface area contributed by atoms with E-state index in [1.165, 1.54) is 244 Å². The molecule has 0 saturated heterocycles. The molecule has 1 unspecified atom stereocenters. The largest absolute Gasteiger partial charge is 0.462 e. The summed E-state index contributed by atoms with van der Waals surface area (Å²) >= 11 is 0. The number of carbonyl (C=O) groups is 3. The van der Waals surface area contributed by atoms with Crippen LogP contribution in [0.2, 0.25) is 0 Å². The number of rotatable bonds is 58. The quantitative estimate of drug-likeness (QED) is 0.0261. The maximum atomic E-state index is 12.9. The summed E-state index contributed by atoms with van der Waals surface area (Å²) in [5.74, 6) is -0.861. The third kappa shape index (κ3) is 56.8. The predicted octanol–water partition coefficient (Wildman–Crippen LogP) is 21.1. The van der Waals surface area contributed by atoms with E-state index in [1.54, 1.807) is 0 Å². The maximum Gasteiger partial charge on any atom is 0.306 e. The van der Waals surface area contributed by atoms with E-state index in [1.807, 2.05) is 0 Å². The Bertz CT molecular complexity index is 1130. The van der Waals surface area contributed by atoms with Crippen LogP contribution in [0, 0.1) is 0 Å². The van der Waals surface area contributed by atoms with E-state index in [2.05, 4.69) is 45.1 Å². The molecule has 0 aliphatic rings. The van der Waals surface area contributed by atoms with Gasteiger partial charge in [0.15, 0.2) is 6.10 Å². The van der Waals surface area contributed by atoms with Crippen LogP contribution in [0.1, 0.15) is 348 Å². The number of unbranched alkanes of at least 4 members (excludes halogenated alkanes) is 43. The molecule has 0 heterocycles. The van der Waals surface area contributed by atoms with E-state index in [4.69, 9.17) is 14.2 Å². The molecule has 412 valence electrons. The Labute approximate surface area is 436 Å². The van der Waals surface area contributed by atoms with Gasteiger partial charge in [-0.05, 0) is 70.6 Å². The number of hydrogen-bond donors (Lipinski definition) is 0. The van der Waals surface area contributed by atoms with Crippen LogP contribution in [0.3, 0.4) is 0 Å². The Balaban J connectivity index is 4.27. The molecule has 6 heteroatoms. The lowest BCUT2D eigenvalue weighted by molar-refractivity contribution is -0.167. The summed E-state index contributed by atoms with van der Waals surface area (Å²) in [4.78, 5) is 38.2. The fraction of sp³-hybridized carbons (Fsp3) is 0.891. The van der Waals surface area contributed by atoms with E-state index in [-0.39, 0.29) is 31.1 Å². The molecule has 0 aromatic heterocycles. The Hall–Kier alpha value is -2.11. The lowest BCUT2D eigenvalue weighted by Crippen LogP contribution is -2.30. The highest BCUT2D eigenvalue weighted by Gasteiger charge is 2.19. The second-order valence-electron chi connectivity index (χ2n) is 21.3. The van der Waals surface area contributed by atoms with Gasteiger partial charge in [0.25, 0.3) is 0 Å². The number of esters is 3. The van der Waals surface area contributed by atoms with Gasteiger partial charge in [0.2, 0.25) is 0 Å². The van der Waals surface area contributed by atoms with Crippen molar-refractivity contribution in [3.05, 3.63) is 24.3 Å². The van der Waals surface area contributed by atoms with Crippen molar-refractivity contribution in [2.45, 2.75) is 354 Å². The zero-order chi connectivity index (χ0) is 50.7. The van der Waals surface area contributed by atoms with Crippen molar-refractivity contribution in [3.63, 3.8) is 0 Å². The van der Waals surface area contributed by atoms with Gasteiger partial charge in [0.05, 0.1) is 0 Å². The smallest absolute Gasteiger partial charge is 0.306 e. The van der Waals surface area contributed by atoms with Crippen LogP contribution < -0.4 is 0 Å². The molecular formula is C64H120O6. The van der Waals surface area contributed by atoms with Crippen LogP contribution in [-0.2, 0) is 28.6 Å². The third-order valence-electron chi connectivity index (χ3n) is 14.2. The first-order valence-electron chi connectivity index (χ1n) is 31.3. The molecular weight excluding hydrogens is 865 g/mol. The van der Waals surface area contributed by atoms with Gasteiger partial charge in [-0.15, -0.1) is 0 Å². The fourth-order valence-corrected chi connectivity index (χ4v) is 9.44. The lowest BCUT2D eigenvalue weighted by atomic mass is 10.0. The molecule has 0 bridgehead atoms. The predicted molar refractivity (Wildman–Crippen MR) is 303 cm³/mol. The van der Waals surface area contributed by atoms with E-state index < -0.39 is 6.10 Å². The number of hydrogen-bond acceptors (Lipinski definition) is 6. The highest BCUT2D eigenvalue weighted by atomic mass is 16.6. The lowest BCUT2D eigenvalue weighted by Gasteiger charge is -2.18. The minimum atomic E-state index is -0.774. The highest BCUT2D eigenvalue weighted by Crippen LogP contribution is 2.17. The Morgan fingerprint density at radius 3 is 0.729 bits per heavy atom. The molecule has 0 N–H and O–H groups in total. The molecule has 0 radical (unpaired) electrons. The first kappa shape index (κ1) is 67.9. The molecule has 0 fully saturated rings. The summed E-state index contributed by atoms with van der Waals surface area (Å²) in [6.45, 7) is 6.67. The Kier molecular flexibility index (Phi) is 57.7. The number of allylic oxidation sites excluding steroid dienone is 4. The third-order valence-corrected chi connectivity index (χ3v) is 14.2. The van der Waals surface area contributed by atoms with Gasteiger partial charge in [-0.25, -0.2) is 0 Å². The zero-order valence-electron chi connectivity index (χ0n) is 47.3. The molecule has 70 heavy (non-hydrogen) atoms. The van der Waals surface area contributed by atoms with Crippen molar-refractivity contribution in [1.82, 2.24) is 0 Å².